The molecule has 2 atom stereocenters. The number of hydrogen-bond acceptors (Lipinski definition) is 7. The van der Waals surface area contributed by atoms with E-state index in [-0.39, 0.29) is 25.6 Å². The number of esters is 2. The zero-order chi connectivity index (χ0) is 41.9. The fourth-order valence-corrected chi connectivity index (χ4v) is 6.50. The Morgan fingerprint density at radius 2 is 0.930 bits per heavy atom. The summed E-state index contributed by atoms with van der Waals surface area (Å²) in [6.45, 7) is 3.20. The monoisotopic (exact) mass is 823 g/mol. The second-order valence-electron chi connectivity index (χ2n) is 15.3. The topological polar surface area (TPSA) is 140 Å². The zero-order valence-corrected chi connectivity index (χ0v) is 37.0. The molecule has 0 radical (unpaired) electrons. The summed E-state index contributed by atoms with van der Waals surface area (Å²) in [6.07, 6.45) is 50.8. The van der Waals surface area contributed by atoms with Gasteiger partial charge in [-0.05, 0) is 90.4 Å². The van der Waals surface area contributed by atoms with Gasteiger partial charge < -0.3 is 24.4 Å². The molecule has 57 heavy (non-hydrogen) atoms. The number of ether oxygens (including phenoxy) is 2. The molecule has 330 valence electrons. The number of allylic oxidation sites excluding steroid dienone is 10. The number of carbonyl (C=O) groups excluding carboxylic acids is 2. The predicted octanol–water partition coefficient (Wildman–Crippen LogP) is 13.0. The number of aliphatic hydroxyl groups is 1. The fraction of sp³-hybridized carbons (Fsp3) is 0.745. The molecule has 0 aliphatic heterocycles. The van der Waals surface area contributed by atoms with Gasteiger partial charge in [-0.3, -0.25) is 14.1 Å². The third kappa shape index (κ3) is 46.3. The number of rotatable bonds is 41. The van der Waals surface area contributed by atoms with E-state index in [1.165, 1.54) is 96.3 Å². The van der Waals surface area contributed by atoms with Crippen molar-refractivity contribution in [1.82, 2.24) is 0 Å². The van der Waals surface area contributed by atoms with Crippen LogP contribution in [0.5, 0.6) is 0 Å². The smallest absolute Gasteiger partial charge is 0.462 e. The first-order valence-corrected chi connectivity index (χ1v) is 24.1. The summed E-state index contributed by atoms with van der Waals surface area (Å²) in [5.41, 5.74) is 0. The predicted molar refractivity (Wildman–Crippen MR) is 236 cm³/mol. The van der Waals surface area contributed by atoms with Gasteiger partial charge in [0.1, 0.15) is 6.61 Å². The molecular weight excluding hydrogens is 739 g/mol. The highest BCUT2D eigenvalue weighted by molar-refractivity contribution is 7.46. The van der Waals surface area contributed by atoms with Crippen LogP contribution in [-0.4, -0.2) is 52.3 Å². The largest absolute Gasteiger partial charge is 0.469 e. The second kappa shape index (κ2) is 41.9. The first kappa shape index (κ1) is 54.7. The minimum atomic E-state index is -4.78. The van der Waals surface area contributed by atoms with Gasteiger partial charge in [-0.1, -0.05) is 158 Å². The number of unbranched alkanes of at least 4 members (excludes halogenated alkanes) is 19. The van der Waals surface area contributed by atoms with Crippen LogP contribution < -0.4 is 0 Å². The lowest BCUT2D eigenvalue weighted by Crippen LogP contribution is -2.29. The molecule has 0 unspecified atom stereocenters. The molecule has 9 nitrogen and oxygen atoms in total. The van der Waals surface area contributed by atoms with E-state index in [1.54, 1.807) is 0 Å². The average molecular weight is 823 g/mol. The van der Waals surface area contributed by atoms with Crippen LogP contribution in [0, 0.1) is 0 Å². The number of hydrogen-bond donors (Lipinski definition) is 3. The van der Waals surface area contributed by atoms with Gasteiger partial charge in [0.05, 0.1) is 12.7 Å². The molecule has 0 bridgehead atoms. The number of carbonyl (C=O) groups is 2. The molecule has 0 saturated heterocycles. The van der Waals surface area contributed by atoms with Crippen LogP contribution in [0.2, 0.25) is 0 Å². The van der Waals surface area contributed by atoms with Crippen LogP contribution >= 0.6 is 7.82 Å². The molecule has 0 rings (SSSR count). The SMILES string of the molecule is CCCCCCCC/C=C\CCCCCCCCCCCCCC(=O)O[C@H](COC(=O)CCC/C=C\C/C=C\C/C=C\C/C=C\CCC[C@@H](C)O)COP(=O)(O)O. The van der Waals surface area contributed by atoms with Gasteiger partial charge in [0.25, 0.3) is 0 Å². The van der Waals surface area contributed by atoms with Gasteiger partial charge in [-0.2, -0.15) is 0 Å². The van der Waals surface area contributed by atoms with E-state index in [1.807, 2.05) is 13.0 Å². The highest BCUT2D eigenvalue weighted by Gasteiger charge is 2.22. The molecule has 0 aliphatic rings. The van der Waals surface area contributed by atoms with Gasteiger partial charge in [-0.25, -0.2) is 4.57 Å². The highest BCUT2D eigenvalue weighted by atomic mass is 31.2. The van der Waals surface area contributed by atoms with Crippen molar-refractivity contribution in [2.75, 3.05) is 13.2 Å². The maximum Gasteiger partial charge on any atom is 0.469 e. The maximum absolute atomic E-state index is 12.4. The Morgan fingerprint density at radius 1 is 0.526 bits per heavy atom. The van der Waals surface area contributed by atoms with Crippen molar-refractivity contribution in [3.8, 4) is 0 Å². The van der Waals surface area contributed by atoms with Crippen molar-refractivity contribution in [1.29, 1.82) is 0 Å². The Morgan fingerprint density at radius 3 is 1.42 bits per heavy atom. The third-order valence-electron chi connectivity index (χ3n) is 9.53. The quantitative estimate of drug-likeness (QED) is 0.0238. The molecule has 0 aromatic rings. The minimum absolute atomic E-state index is 0.178. The molecule has 0 amide bonds. The summed E-state index contributed by atoms with van der Waals surface area (Å²) in [5.74, 6) is -0.967. The maximum atomic E-state index is 12.4. The van der Waals surface area contributed by atoms with Crippen molar-refractivity contribution >= 4 is 19.8 Å². The standard InChI is InChI=1S/C47H83O9P/c1-3-4-5-6-7-8-9-10-11-12-13-14-15-16-19-23-26-29-32-35-38-41-47(50)56-45(43-55-57(51,52)53)42-54-46(49)40-37-34-31-28-25-22-20-17-18-21-24-27-30-33-36-39-44(2)48/h10-11,18,20-22,27-28,30-31,44-45,48H,3-9,12-17,19,23-26,29,32-43H2,1-2H3,(H2,51,52,53)/b11-10-,21-18-,22-20-,30-27-,31-28-/t44-,45-/m1/s1. The lowest BCUT2D eigenvalue weighted by molar-refractivity contribution is -0.161. The Balaban J connectivity index is 3.96. The van der Waals surface area contributed by atoms with Gasteiger partial charge >= 0.3 is 19.8 Å². The molecule has 0 fully saturated rings. The van der Waals surface area contributed by atoms with E-state index < -0.39 is 32.5 Å². The van der Waals surface area contributed by atoms with E-state index in [0.29, 0.717) is 19.3 Å². The first-order chi connectivity index (χ1) is 27.6. The van der Waals surface area contributed by atoms with Crippen LogP contribution in [0.15, 0.2) is 60.8 Å². The van der Waals surface area contributed by atoms with Crippen molar-refractivity contribution < 1.29 is 43.0 Å². The summed E-state index contributed by atoms with van der Waals surface area (Å²) in [6, 6.07) is 0. The average Bonchev–Trinajstić information content (AvgIpc) is 3.17. The molecule has 10 heteroatoms. The molecule has 0 spiro atoms. The highest BCUT2D eigenvalue weighted by Crippen LogP contribution is 2.36. The third-order valence-corrected chi connectivity index (χ3v) is 10.0. The van der Waals surface area contributed by atoms with E-state index in [2.05, 4.69) is 66.1 Å². The van der Waals surface area contributed by atoms with Crippen molar-refractivity contribution in [2.24, 2.45) is 0 Å². The number of phosphoric ester groups is 1. The first-order valence-electron chi connectivity index (χ1n) is 22.6. The van der Waals surface area contributed by atoms with Gasteiger partial charge in [0.2, 0.25) is 0 Å². The fourth-order valence-electron chi connectivity index (χ4n) is 6.14. The van der Waals surface area contributed by atoms with Crippen LogP contribution in [-0.2, 0) is 28.2 Å². The Bertz CT molecular complexity index is 1120. The molecule has 0 heterocycles. The van der Waals surface area contributed by atoms with Crippen molar-refractivity contribution in [3.05, 3.63) is 60.8 Å². The molecule has 0 aromatic carbocycles. The summed E-state index contributed by atoms with van der Waals surface area (Å²) < 4.78 is 26.4. The van der Waals surface area contributed by atoms with Crippen molar-refractivity contribution in [3.63, 3.8) is 0 Å². The van der Waals surface area contributed by atoms with Crippen LogP contribution in [0.3, 0.4) is 0 Å². The van der Waals surface area contributed by atoms with Crippen LogP contribution in [0.4, 0.5) is 0 Å². The van der Waals surface area contributed by atoms with E-state index in [4.69, 9.17) is 19.3 Å². The second-order valence-corrected chi connectivity index (χ2v) is 16.5. The Hall–Kier alpha value is -2.29. The minimum Gasteiger partial charge on any atom is -0.462 e. The van der Waals surface area contributed by atoms with Crippen LogP contribution in [0.1, 0.15) is 200 Å². The zero-order valence-electron chi connectivity index (χ0n) is 36.1. The summed E-state index contributed by atoms with van der Waals surface area (Å²) in [4.78, 5) is 42.9. The van der Waals surface area contributed by atoms with E-state index in [9.17, 15) is 19.3 Å². The lowest BCUT2D eigenvalue weighted by atomic mass is 10.0. The Kier molecular flexibility index (Phi) is 40.2. The van der Waals surface area contributed by atoms with Crippen LogP contribution in [0.25, 0.3) is 0 Å². The van der Waals surface area contributed by atoms with E-state index in [0.717, 1.165) is 57.8 Å². The number of phosphoric acid groups is 1. The van der Waals surface area contributed by atoms with E-state index >= 15 is 0 Å². The summed E-state index contributed by atoms with van der Waals surface area (Å²) in [7, 11) is -4.78. The van der Waals surface area contributed by atoms with Gasteiger partial charge in [0.15, 0.2) is 6.10 Å². The molecule has 0 aliphatic carbocycles. The molecule has 3 N–H and O–H groups in total. The van der Waals surface area contributed by atoms with Gasteiger partial charge in [0, 0.05) is 12.8 Å². The lowest BCUT2D eigenvalue weighted by Gasteiger charge is -2.18. The normalized spacial score (nSPS) is 13.6. The number of aliphatic hydroxyl groups excluding tert-OH is 1. The molecule has 0 aromatic heterocycles. The van der Waals surface area contributed by atoms with Crippen molar-refractivity contribution in [2.45, 2.75) is 212 Å². The summed E-state index contributed by atoms with van der Waals surface area (Å²) >= 11 is 0. The van der Waals surface area contributed by atoms with Gasteiger partial charge in [-0.15, -0.1) is 0 Å². The molecule has 0 saturated carbocycles. The Labute approximate surface area is 348 Å². The summed E-state index contributed by atoms with van der Waals surface area (Å²) in [5, 5.41) is 9.25. The molecular formula is C47H83O9P.